The van der Waals surface area contributed by atoms with Crippen molar-refractivity contribution < 1.29 is 9.84 Å². The Morgan fingerprint density at radius 1 is 1.38 bits per heavy atom. The Morgan fingerprint density at radius 3 is 2.81 bits per heavy atom. The van der Waals surface area contributed by atoms with Crippen LogP contribution in [0.25, 0.3) is 0 Å². The molecule has 1 aromatic heterocycles. The first kappa shape index (κ1) is 15.5. The molecule has 21 heavy (non-hydrogen) atoms. The van der Waals surface area contributed by atoms with Crippen molar-refractivity contribution in [1.82, 2.24) is 15.1 Å². The van der Waals surface area contributed by atoms with Crippen molar-refractivity contribution in [1.29, 1.82) is 0 Å². The molecule has 0 atom stereocenters. The van der Waals surface area contributed by atoms with Gasteiger partial charge in [-0.15, -0.1) is 0 Å². The van der Waals surface area contributed by atoms with Gasteiger partial charge in [0.25, 0.3) is 0 Å². The van der Waals surface area contributed by atoms with E-state index in [0.717, 1.165) is 22.7 Å². The van der Waals surface area contributed by atoms with Crippen LogP contribution in [0.2, 0.25) is 0 Å². The number of aryl methyl sites for hydroxylation is 2. The number of aromatic nitrogens is 2. The summed E-state index contributed by atoms with van der Waals surface area (Å²) in [6.07, 6.45) is 0. The zero-order valence-corrected chi connectivity index (χ0v) is 13.1. The highest BCUT2D eigenvalue weighted by atomic mass is 16.5. The fraction of sp³-hybridized carbons (Fsp3) is 0.438. The van der Waals surface area contributed by atoms with E-state index in [9.17, 15) is 5.11 Å². The van der Waals surface area contributed by atoms with Gasteiger partial charge in [-0.2, -0.15) is 5.10 Å². The quantitative estimate of drug-likeness (QED) is 0.858. The Hall–Kier alpha value is -1.85. The zero-order chi connectivity index (χ0) is 15.4. The molecule has 0 spiro atoms. The van der Waals surface area contributed by atoms with Crippen molar-refractivity contribution in [3.63, 3.8) is 0 Å². The molecule has 0 radical (unpaired) electrons. The van der Waals surface area contributed by atoms with E-state index in [4.69, 9.17) is 4.74 Å². The molecular weight excluding hydrogens is 266 g/mol. The Balaban J connectivity index is 2.25. The van der Waals surface area contributed by atoms with Crippen LogP contribution in [0.1, 0.15) is 30.7 Å². The molecule has 0 saturated heterocycles. The molecule has 1 heterocycles. The maximum Gasteiger partial charge on any atom is 0.222 e. The first-order chi connectivity index (χ1) is 10.0. The summed E-state index contributed by atoms with van der Waals surface area (Å²) in [4.78, 5) is 0. The van der Waals surface area contributed by atoms with Crippen LogP contribution in [0.4, 0.5) is 0 Å². The number of nitrogens with one attached hydrogen (secondary N) is 1. The molecule has 2 N–H and O–H groups in total. The average Bonchev–Trinajstić information content (AvgIpc) is 2.71. The lowest BCUT2D eigenvalue weighted by atomic mass is 10.2. The Kier molecular flexibility index (Phi) is 4.98. The summed E-state index contributed by atoms with van der Waals surface area (Å²) in [6.45, 7) is 6.91. The van der Waals surface area contributed by atoms with Crippen molar-refractivity contribution in [2.45, 2.75) is 40.0 Å². The normalized spacial score (nSPS) is 11.1. The van der Waals surface area contributed by atoms with E-state index < -0.39 is 0 Å². The SMILES string of the molecule is Cc1nn(C)c(Oc2cccc(CO)c2)c1CNC(C)C. The molecule has 5 heteroatoms. The monoisotopic (exact) mass is 289 g/mol. The molecule has 0 fully saturated rings. The van der Waals surface area contributed by atoms with Crippen LogP contribution in [0.3, 0.4) is 0 Å². The van der Waals surface area contributed by atoms with Gasteiger partial charge in [0, 0.05) is 19.6 Å². The average molecular weight is 289 g/mol. The summed E-state index contributed by atoms with van der Waals surface area (Å²) in [7, 11) is 1.87. The summed E-state index contributed by atoms with van der Waals surface area (Å²) < 4.78 is 7.73. The van der Waals surface area contributed by atoms with E-state index in [-0.39, 0.29) is 6.61 Å². The summed E-state index contributed by atoms with van der Waals surface area (Å²) in [5, 5.41) is 17.0. The first-order valence-electron chi connectivity index (χ1n) is 7.14. The van der Waals surface area contributed by atoms with Crippen LogP contribution in [-0.4, -0.2) is 20.9 Å². The zero-order valence-electron chi connectivity index (χ0n) is 13.1. The number of ether oxygens (including phenoxy) is 1. The minimum atomic E-state index is 0.00335. The maximum atomic E-state index is 9.20. The van der Waals surface area contributed by atoms with E-state index >= 15 is 0 Å². The van der Waals surface area contributed by atoms with Gasteiger partial charge in [-0.3, -0.25) is 0 Å². The first-order valence-corrected chi connectivity index (χ1v) is 7.14. The molecule has 0 aliphatic carbocycles. The van der Waals surface area contributed by atoms with Crippen molar-refractivity contribution in [2.75, 3.05) is 0 Å². The molecule has 2 aromatic rings. The second kappa shape index (κ2) is 6.74. The number of aliphatic hydroxyl groups excluding tert-OH is 1. The van der Waals surface area contributed by atoms with E-state index in [1.165, 1.54) is 0 Å². The molecule has 0 aliphatic rings. The minimum absolute atomic E-state index is 0.00335. The van der Waals surface area contributed by atoms with Gasteiger partial charge >= 0.3 is 0 Å². The van der Waals surface area contributed by atoms with Crippen molar-refractivity contribution in [2.24, 2.45) is 7.05 Å². The predicted molar refractivity (Wildman–Crippen MR) is 82.4 cm³/mol. The summed E-state index contributed by atoms with van der Waals surface area (Å²) in [5.41, 5.74) is 2.84. The van der Waals surface area contributed by atoms with Crippen LogP contribution >= 0.6 is 0 Å². The number of hydrogen-bond donors (Lipinski definition) is 2. The fourth-order valence-electron chi connectivity index (χ4n) is 2.14. The second-order valence-corrected chi connectivity index (χ2v) is 5.44. The highest BCUT2D eigenvalue weighted by molar-refractivity contribution is 5.37. The minimum Gasteiger partial charge on any atom is -0.439 e. The van der Waals surface area contributed by atoms with Gasteiger partial charge < -0.3 is 15.2 Å². The van der Waals surface area contributed by atoms with Gasteiger partial charge in [0.05, 0.1) is 17.9 Å². The standard InChI is InChI=1S/C16H23N3O2/c1-11(2)17-9-15-12(3)18-19(4)16(15)21-14-7-5-6-13(8-14)10-20/h5-8,11,17,20H,9-10H2,1-4H3. The van der Waals surface area contributed by atoms with Crippen molar-refractivity contribution in [3.05, 3.63) is 41.1 Å². The van der Waals surface area contributed by atoms with Crippen molar-refractivity contribution in [3.8, 4) is 11.6 Å². The van der Waals surface area contributed by atoms with Crippen LogP contribution in [-0.2, 0) is 20.2 Å². The summed E-state index contributed by atoms with van der Waals surface area (Å²) >= 11 is 0. The van der Waals surface area contributed by atoms with Crippen molar-refractivity contribution >= 4 is 0 Å². The highest BCUT2D eigenvalue weighted by Crippen LogP contribution is 2.27. The molecule has 0 bridgehead atoms. The molecular formula is C16H23N3O2. The second-order valence-electron chi connectivity index (χ2n) is 5.44. The molecule has 0 aliphatic heterocycles. The number of rotatable bonds is 6. The molecule has 0 saturated carbocycles. The summed E-state index contributed by atoms with van der Waals surface area (Å²) in [5.74, 6) is 1.44. The molecule has 1 aromatic carbocycles. The molecule has 5 nitrogen and oxygen atoms in total. The third-order valence-corrected chi connectivity index (χ3v) is 3.27. The number of hydrogen-bond acceptors (Lipinski definition) is 4. The van der Waals surface area contributed by atoms with Crippen LogP contribution in [0.5, 0.6) is 11.6 Å². The Bertz CT molecular complexity index is 606. The van der Waals surface area contributed by atoms with Gasteiger partial charge in [-0.05, 0) is 24.6 Å². The van der Waals surface area contributed by atoms with E-state index in [1.807, 2.05) is 38.2 Å². The van der Waals surface area contributed by atoms with Crippen LogP contribution in [0, 0.1) is 6.92 Å². The Morgan fingerprint density at radius 2 is 2.14 bits per heavy atom. The van der Waals surface area contributed by atoms with E-state index in [2.05, 4.69) is 24.3 Å². The Labute approximate surface area is 125 Å². The predicted octanol–water partition coefficient (Wildman–Crippen LogP) is 2.51. The van der Waals surface area contributed by atoms with E-state index in [0.29, 0.717) is 18.3 Å². The largest absolute Gasteiger partial charge is 0.439 e. The van der Waals surface area contributed by atoms with Gasteiger partial charge in [0.2, 0.25) is 5.88 Å². The van der Waals surface area contributed by atoms with E-state index in [1.54, 1.807) is 4.68 Å². The number of nitrogens with zero attached hydrogens (tertiary/aromatic N) is 2. The van der Waals surface area contributed by atoms with Gasteiger partial charge in [-0.25, -0.2) is 4.68 Å². The van der Waals surface area contributed by atoms with Crippen LogP contribution < -0.4 is 10.1 Å². The number of benzene rings is 1. The third-order valence-electron chi connectivity index (χ3n) is 3.27. The molecule has 2 rings (SSSR count). The lowest BCUT2D eigenvalue weighted by Gasteiger charge is -2.12. The summed E-state index contributed by atoms with van der Waals surface area (Å²) in [6, 6.07) is 7.84. The van der Waals surface area contributed by atoms with Crippen LogP contribution in [0.15, 0.2) is 24.3 Å². The van der Waals surface area contributed by atoms with Gasteiger partial charge in [0.1, 0.15) is 5.75 Å². The smallest absolute Gasteiger partial charge is 0.222 e. The van der Waals surface area contributed by atoms with Gasteiger partial charge in [-0.1, -0.05) is 26.0 Å². The fourth-order valence-corrected chi connectivity index (χ4v) is 2.14. The topological polar surface area (TPSA) is 59.3 Å². The lowest BCUT2D eigenvalue weighted by Crippen LogP contribution is -2.22. The highest BCUT2D eigenvalue weighted by Gasteiger charge is 2.15. The number of aliphatic hydroxyl groups is 1. The molecule has 114 valence electrons. The maximum absolute atomic E-state index is 9.20. The molecule has 0 unspecified atom stereocenters. The lowest BCUT2D eigenvalue weighted by molar-refractivity contribution is 0.281. The van der Waals surface area contributed by atoms with Gasteiger partial charge in [0.15, 0.2) is 0 Å². The molecule has 0 amide bonds. The third kappa shape index (κ3) is 3.83.